The molecule has 15 heavy (non-hydrogen) atoms. The lowest BCUT2D eigenvalue weighted by molar-refractivity contribution is 0.0918. The fraction of sp³-hybridized carbons (Fsp3) is 0.667. The lowest BCUT2D eigenvalue weighted by atomic mass is 9.83. The van der Waals surface area contributed by atoms with Crippen LogP contribution >= 0.6 is 0 Å². The highest BCUT2D eigenvalue weighted by Gasteiger charge is 2.31. The largest absolute Gasteiger partial charge is 0.292 e. The summed E-state index contributed by atoms with van der Waals surface area (Å²) in [7, 11) is 1.84. The van der Waals surface area contributed by atoms with Crippen molar-refractivity contribution in [2.75, 3.05) is 0 Å². The summed E-state index contributed by atoms with van der Waals surface area (Å²) < 4.78 is 1.68. The van der Waals surface area contributed by atoms with Gasteiger partial charge in [0.1, 0.15) is 5.69 Å². The van der Waals surface area contributed by atoms with E-state index >= 15 is 0 Å². The summed E-state index contributed by atoms with van der Waals surface area (Å²) in [5.41, 5.74) is 0.847. The van der Waals surface area contributed by atoms with E-state index in [-0.39, 0.29) is 11.2 Å². The van der Waals surface area contributed by atoms with Crippen LogP contribution in [0.5, 0.6) is 0 Å². The third kappa shape index (κ3) is 2.28. The molecule has 1 aliphatic carbocycles. The molecule has 0 spiro atoms. The van der Waals surface area contributed by atoms with Gasteiger partial charge in [-0.3, -0.25) is 9.48 Å². The maximum atomic E-state index is 11.9. The van der Waals surface area contributed by atoms with Crippen molar-refractivity contribution in [3.05, 3.63) is 18.0 Å². The highest BCUT2D eigenvalue weighted by Crippen LogP contribution is 2.41. The van der Waals surface area contributed by atoms with Gasteiger partial charge in [-0.05, 0) is 24.3 Å². The third-order valence-electron chi connectivity index (χ3n) is 3.40. The van der Waals surface area contributed by atoms with E-state index in [1.54, 1.807) is 10.7 Å². The molecule has 0 aliphatic heterocycles. The molecule has 0 aromatic carbocycles. The summed E-state index contributed by atoms with van der Waals surface area (Å²) in [6.45, 7) is 2.22. The van der Waals surface area contributed by atoms with Crippen LogP contribution in [0.4, 0.5) is 0 Å². The van der Waals surface area contributed by atoms with Crippen LogP contribution < -0.4 is 0 Å². The van der Waals surface area contributed by atoms with E-state index in [1.807, 2.05) is 13.2 Å². The minimum atomic E-state index is 0.194. The number of Topliss-reactive ketones (excluding diaryl/α,β-unsaturated/α-hetero) is 1. The zero-order chi connectivity index (χ0) is 10.9. The zero-order valence-electron chi connectivity index (χ0n) is 9.49. The quantitative estimate of drug-likeness (QED) is 0.712. The number of rotatable bonds is 3. The molecule has 0 unspecified atom stereocenters. The van der Waals surface area contributed by atoms with Crippen molar-refractivity contribution in [1.29, 1.82) is 0 Å². The molecule has 0 saturated heterocycles. The third-order valence-corrected chi connectivity index (χ3v) is 3.40. The minimum absolute atomic E-state index is 0.194. The summed E-state index contributed by atoms with van der Waals surface area (Å²) in [4.78, 5) is 11.9. The Kier molecular flexibility index (Phi) is 2.63. The number of aromatic nitrogens is 2. The lowest BCUT2D eigenvalue weighted by Crippen LogP contribution is -2.17. The zero-order valence-corrected chi connectivity index (χ0v) is 9.49. The first-order valence-electron chi connectivity index (χ1n) is 5.62. The fourth-order valence-corrected chi connectivity index (χ4v) is 2.45. The highest BCUT2D eigenvalue weighted by atomic mass is 16.1. The van der Waals surface area contributed by atoms with Gasteiger partial charge < -0.3 is 0 Å². The Bertz CT molecular complexity index is 361. The molecule has 1 heterocycles. The van der Waals surface area contributed by atoms with Crippen LogP contribution in [0.3, 0.4) is 0 Å². The van der Waals surface area contributed by atoms with E-state index in [1.165, 1.54) is 25.7 Å². The molecule has 3 heteroatoms. The number of hydrogen-bond acceptors (Lipinski definition) is 2. The van der Waals surface area contributed by atoms with E-state index in [9.17, 15) is 4.79 Å². The minimum Gasteiger partial charge on any atom is -0.292 e. The summed E-state index contributed by atoms with van der Waals surface area (Å²) in [5, 5.41) is 4.15. The van der Waals surface area contributed by atoms with E-state index in [4.69, 9.17) is 0 Å². The van der Waals surface area contributed by atoms with Crippen LogP contribution in [0.25, 0.3) is 0 Å². The number of nitrogens with zero attached hydrogens (tertiary/aromatic N) is 2. The smallest absolute Gasteiger partial charge is 0.183 e. The second-order valence-electron chi connectivity index (χ2n) is 4.99. The van der Waals surface area contributed by atoms with E-state index in [2.05, 4.69) is 12.0 Å². The molecular formula is C12H18N2O. The molecule has 0 N–H and O–H groups in total. The van der Waals surface area contributed by atoms with Crippen LogP contribution in [-0.4, -0.2) is 15.6 Å². The van der Waals surface area contributed by atoms with Gasteiger partial charge in [-0.1, -0.05) is 19.8 Å². The molecule has 2 rings (SSSR count). The Morgan fingerprint density at radius 3 is 2.73 bits per heavy atom. The first-order valence-corrected chi connectivity index (χ1v) is 5.62. The van der Waals surface area contributed by atoms with Crippen molar-refractivity contribution < 1.29 is 4.79 Å². The molecule has 0 atom stereocenters. The van der Waals surface area contributed by atoms with Crippen molar-refractivity contribution >= 4 is 5.78 Å². The van der Waals surface area contributed by atoms with Gasteiger partial charge >= 0.3 is 0 Å². The van der Waals surface area contributed by atoms with Gasteiger partial charge in [-0.15, -0.1) is 0 Å². The van der Waals surface area contributed by atoms with Gasteiger partial charge in [0, 0.05) is 19.7 Å². The van der Waals surface area contributed by atoms with Gasteiger partial charge in [0.25, 0.3) is 0 Å². The molecule has 1 fully saturated rings. The van der Waals surface area contributed by atoms with E-state index in [0.717, 1.165) is 0 Å². The van der Waals surface area contributed by atoms with Crippen LogP contribution in [0.2, 0.25) is 0 Å². The molecule has 1 aromatic heterocycles. The van der Waals surface area contributed by atoms with Gasteiger partial charge in [-0.25, -0.2) is 0 Å². The number of hydrogen-bond donors (Lipinski definition) is 0. The first kappa shape index (κ1) is 10.4. The van der Waals surface area contributed by atoms with Crippen LogP contribution in [-0.2, 0) is 7.05 Å². The number of carbonyl (C=O) groups excluding carboxylic acids is 1. The van der Waals surface area contributed by atoms with Gasteiger partial charge in [0.15, 0.2) is 5.78 Å². The summed E-state index contributed by atoms with van der Waals surface area (Å²) in [6.07, 6.45) is 7.39. The van der Waals surface area contributed by atoms with Crippen molar-refractivity contribution in [2.24, 2.45) is 12.5 Å². The molecule has 0 radical (unpaired) electrons. The van der Waals surface area contributed by atoms with Crippen LogP contribution in [0.1, 0.15) is 49.5 Å². The molecule has 1 aromatic rings. The molecule has 0 bridgehead atoms. The number of aryl methyl sites for hydroxylation is 1. The maximum Gasteiger partial charge on any atom is 0.183 e. The first-order chi connectivity index (χ1) is 7.09. The second-order valence-corrected chi connectivity index (χ2v) is 4.99. The SMILES string of the molecule is Cn1ccc(C(=O)CC2(C)CCCC2)n1. The molecule has 1 saturated carbocycles. The van der Waals surface area contributed by atoms with Crippen molar-refractivity contribution in [3.63, 3.8) is 0 Å². The Labute approximate surface area is 90.5 Å². The van der Waals surface area contributed by atoms with Gasteiger partial charge in [0.2, 0.25) is 0 Å². The maximum absolute atomic E-state index is 11.9. The number of carbonyl (C=O) groups is 1. The summed E-state index contributed by atoms with van der Waals surface area (Å²) in [6, 6.07) is 1.81. The Hall–Kier alpha value is -1.12. The molecule has 82 valence electrons. The van der Waals surface area contributed by atoms with Gasteiger partial charge in [0.05, 0.1) is 0 Å². The summed E-state index contributed by atoms with van der Waals surface area (Å²) in [5.74, 6) is 0.194. The van der Waals surface area contributed by atoms with Crippen molar-refractivity contribution in [2.45, 2.75) is 39.0 Å². The van der Waals surface area contributed by atoms with Crippen LogP contribution in [0.15, 0.2) is 12.3 Å². The van der Waals surface area contributed by atoms with Gasteiger partial charge in [-0.2, -0.15) is 5.10 Å². The Morgan fingerprint density at radius 2 is 2.20 bits per heavy atom. The number of ketones is 1. The highest BCUT2D eigenvalue weighted by molar-refractivity contribution is 5.94. The topological polar surface area (TPSA) is 34.9 Å². The molecular weight excluding hydrogens is 188 g/mol. The summed E-state index contributed by atoms with van der Waals surface area (Å²) >= 11 is 0. The monoisotopic (exact) mass is 206 g/mol. The predicted molar refractivity (Wildman–Crippen MR) is 58.7 cm³/mol. The van der Waals surface area contributed by atoms with Crippen molar-refractivity contribution in [1.82, 2.24) is 9.78 Å². The average Bonchev–Trinajstić information content (AvgIpc) is 2.75. The Balaban J connectivity index is 2.03. The Morgan fingerprint density at radius 1 is 1.53 bits per heavy atom. The lowest BCUT2D eigenvalue weighted by Gasteiger charge is -2.21. The average molecular weight is 206 g/mol. The molecule has 3 nitrogen and oxygen atoms in total. The molecule has 1 aliphatic rings. The fourth-order valence-electron chi connectivity index (χ4n) is 2.45. The van der Waals surface area contributed by atoms with Crippen LogP contribution in [0, 0.1) is 5.41 Å². The predicted octanol–water partition coefficient (Wildman–Crippen LogP) is 2.57. The van der Waals surface area contributed by atoms with Crippen molar-refractivity contribution in [3.8, 4) is 0 Å². The molecule has 0 amide bonds. The standard InChI is InChI=1S/C12H18N2O/c1-12(6-3-4-7-12)9-11(15)10-5-8-14(2)13-10/h5,8H,3-4,6-7,9H2,1-2H3. The van der Waals surface area contributed by atoms with E-state index < -0.39 is 0 Å². The normalized spacial score (nSPS) is 19.3. The second kappa shape index (κ2) is 3.80. The van der Waals surface area contributed by atoms with E-state index in [0.29, 0.717) is 12.1 Å².